The summed E-state index contributed by atoms with van der Waals surface area (Å²) in [6.45, 7) is 1.89. The molecule has 0 saturated heterocycles. The number of amides is 2. The van der Waals surface area contributed by atoms with Gasteiger partial charge in [-0.1, -0.05) is 48.5 Å². The molecule has 35 heavy (non-hydrogen) atoms. The number of hydrogen-bond acceptors (Lipinski definition) is 4. The second-order valence-electron chi connectivity index (χ2n) is 9.14. The number of nitrogens with one attached hydrogen (secondary N) is 2. The number of ether oxygens (including phenoxy) is 1. The molecule has 0 radical (unpaired) electrons. The fraction of sp³-hybridized carbons (Fsp3) is 0.393. The number of carbonyl (C=O) groups is 3. The van der Waals surface area contributed by atoms with Gasteiger partial charge in [0, 0.05) is 24.8 Å². The van der Waals surface area contributed by atoms with Gasteiger partial charge in [-0.15, -0.1) is 11.8 Å². The quantitative estimate of drug-likeness (QED) is 0.501. The highest BCUT2D eigenvalue weighted by Gasteiger charge is 2.31. The zero-order valence-electron chi connectivity index (χ0n) is 19.8. The SMILES string of the molecule is CC#CCC(NC(=O)C[C@@H]1CC[C@H](NC(=O)OCC2c3ccccc3-c3ccccc32)C1)C(=O)O. The molecule has 1 unspecified atom stereocenters. The molecule has 0 aromatic heterocycles. The molecule has 3 atom stereocenters. The monoisotopic (exact) mass is 474 g/mol. The maximum atomic E-state index is 12.5. The molecule has 2 amide bonds. The van der Waals surface area contributed by atoms with Gasteiger partial charge in [0.05, 0.1) is 0 Å². The Bertz CT molecular complexity index is 1120. The van der Waals surface area contributed by atoms with E-state index in [0.717, 1.165) is 24.0 Å². The molecule has 2 aromatic carbocycles. The van der Waals surface area contributed by atoms with Crippen LogP contribution in [0, 0.1) is 17.8 Å². The molecule has 3 N–H and O–H groups in total. The first-order chi connectivity index (χ1) is 17.0. The molecule has 0 bridgehead atoms. The maximum Gasteiger partial charge on any atom is 0.407 e. The standard InChI is InChI=1S/C28H30N2O5/c1-2-3-12-25(27(32)33)30-26(31)16-18-13-14-19(15-18)29-28(34)35-17-24-22-10-6-4-8-20(22)21-9-5-7-11-23(21)24/h4-11,18-19,24-25H,12-17H2,1H3,(H,29,34)(H,30,31)(H,32,33)/t18-,19+,25?/m1/s1. The molecule has 0 spiro atoms. The third kappa shape index (κ3) is 5.83. The summed E-state index contributed by atoms with van der Waals surface area (Å²) in [5.74, 6) is 4.03. The summed E-state index contributed by atoms with van der Waals surface area (Å²) in [6.07, 6.45) is 2.05. The van der Waals surface area contributed by atoms with E-state index in [1.54, 1.807) is 6.92 Å². The van der Waals surface area contributed by atoms with E-state index in [1.807, 2.05) is 24.3 Å². The lowest BCUT2D eigenvalue weighted by atomic mass is 9.98. The van der Waals surface area contributed by atoms with Crippen LogP contribution >= 0.6 is 0 Å². The Balaban J connectivity index is 1.25. The zero-order chi connectivity index (χ0) is 24.8. The Morgan fingerprint density at radius 3 is 2.34 bits per heavy atom. The molecule has 4 rings (SSSR count). The number of carbonyl (C=O) groups excluding carboxylic acids is 2. The minimum Gasteiger partial charge on any atom is -0.480 e. The summed E-state index contributed by atoms with van der Waals surface area (Å²) in [5.41, 5.74) is 4.69. The molecule has 1 saturated carbocycles. The molecule has 2 aliphatic rings. The number of fused-ring (bicyclic) bond motifs is 3. The minimum atomic E-state index is -1.10. The molecule has 1 fully saturated rings. The van der Waals surface area contributed by atoms with E-state index in [2.05, 4.69) is 46.7 Å². The van der Waals surface area contributed by atoms with E-state index >= 15 is 0 Å². The number of rotatable bonds is 8. The molecule has 182 valence electrons. The second-order valence-corrected chi connectivity index (χ2v) is 9.14. The Morgan fingerprint density at radius 1 is 1.06 bits per heavy atom. The van der Waals surface area contributed by atoms with Gasteiger partial charge >= 0.3 is 12.1 Å². The number of benzene rings is 2. The molecular formula is C28H30N2O5. The topological polar surface area (TPSA) is 105 Å². The highest BCUT2D eigenvalue weighted by molar-refractivity contribution is 5.84. The van der Waals surface area contributed by atoms with E-state index in [9.17, 15) is 19.5 Å². The predicted octanol–water partition coefficient (Wildman–Crippen LogP) is 4.07. The molecule has 2 aromatic rings. The van der Waals surface area contributed by atoms with Gasteiger partial charge in [-0.05, 0) is 54.4 Å². The van der Waals surface area contributed by atoms with Crippen LogP contribution in [0.1, 0.15) is 56.1 Å². The summed E-state index contributed by atoms with van der Waals surface area (Å²) >= 11 is 0. The highest BCUT2D eigenvalue weighted by atomic mass is 16.5. The average Bonchev–Trinajstić information content (AvgIpc) is 3.41. The van der Waals surface area contributed by atoms with Crippen molar-refractivity contribution in [3.63, 3.8) is 0 Å². The third-order valence-corrected chi connectivity index (χ3v) is 6.80. The first-order valence-corrected chi connectivity index (χ1v) is 12.0. The molecular weight excluding hydrogens is 444 g/mol. The van der Waals surface area contributed by atoms with Crippen LogP contribution in [-0.2, 0) is 14.3 Å². The minimum absolute atomic E-state index is 0.00718. The van der Waals surface area contributed by atoms with Crippen molar-refractivity contribution in [3.05, 3.63) is 59.7 Å². The van der Waals surface area contributed by atoms with E-state index in [1.165, 1.54) is 11.1 Å². The van der Waals surface area contributed by atoms with Gasteiger partial charge in [-0.25, -0.2) is 9.59 Å². The van der Waals surface area contributed by atoms with E-state index in [-0.39, 0.29) is 43.2 Å². The predicted molar refractivity (Wildman–Crippen MR) is 132 cm³/mol. The Morgan fingerprint density at radius 2 is 1.71 bits per heavy atom. The fourth-order valence-corrected chi connectivity index (χ4v) is 5.12. The van der Waals surface area contributed by atoms with Gasteiger partial charge in [-0.2, -0.15) is 0 Å². The molecule has 7 heteroatoms. The molecule has 2 aliphatic carbocycles. The van der Waals surface area contributed by atoms with Crippen molar-refractivity contribution >= 4 is 18.0 Å². The molecule has 0 aliphatic heterocycles. The Hall–Kier alpha value is -3.79. The van der Waals surface area contributed by atoms with Gasteiger partial charge in [0.2, 0.25) is 5.91 Å². The number of aliphatic carboxylic acids is 1. The summed E-state index contributed by atoms with van der Waals surface area (Å²) in [6, 6.07) is 15.3. The van der Waals surface area contributed by atoms with Crippen LogP contribution in [0.5, 0.6) is 0 Å². The van der Waals surface area contributed by atoms with Crippen LogP contribution in [0.2, 0.25) is 0 Å². The van der Waals surface area contributed by atoms with Crippen LogP contribution in [0.3, 0.4) is 0 Å². The van der Waals surface area contributed by atoms with Crippen LogP contribution in [0.25, 0.3) is 11.1 Å². The van der Waals surface area contributed by atoms with Crippen LogP contribution < -0.4 is 10.6 Å². The smallest absolute Gasteiger partial charge is 0.407 e. The molecule has 7 nitrogen and oxygen atoms in total. The van der Waals surface area contributed by atoms with E-state index < -0.39 is 18.1 Å². The van der Waals surface area contributed by atoms with Crippen molar-refractivity contribution in [2.24, 2.45) is 5.92 Å². The lowest BCUT2D eigenvalue weighted by molar-refractivity contribution is -0.141. The van der Waals surface area contributed by atoms with Gasteiger partial charge in [0.15, 0.2) is 0 Å². The van der Waals surface area contributed by atoms with Crippen molar-refractivity contribution < 1.29 is 24.2 Å². The van der Waals surface area contributed by atoms with E-state index in [4.69, 9.17) is 4.74 Å². The van der Waals surface area contributed by atoms with Crippen LogP contribution in [0.15, 0.2) is 48.5 Å². The van der Waals surface area contributed by atoms with Crippen molar-refractivity contribution in [1.29, 1.82) is 0 Å². The lowest BCUT2D eigenvalue weighted by Gasteiger charge is -2.17. The summed E-state index contributed by atoms with van der Waals surface area (Å²) < 4.78 is 5.63. The largest absolute Gasteiger partial charge is 0.480 e. The Labute approximate surface area is 205 Å². The number of alkyl carbamates (subject to hydrolysis) is 1. The summed E-state index contributed by atoms with van der Waals surface area (Å²) in [4.78, 5) is 36.2. The van der Waals surface area contributed by atoms with Gasteiger partial charge < -0.3 is 20.5 Å². The van der Waals surface area contributed by atoms with Gasteiger partial charge in [-0.3, -0.25) is 4.79 Å². The van der Waals surface area contributed by atoms with Gasteiger partial charge in [0.1, 0.15) is 12.6 Å². The van der Waals surface area contributed by atoms with Gasteiger partial charge in [0.25, 0.3) is 0 Å². The van der Waals surface area contributed by atoms with Crippen molar-refractivity contribution in [1.82, 2.24) is 10.6 Å². The first-order valence-electron chi connectivity index (χ1n) is 12.0. The molecule has 0 heterocycles. The van der Waals surface area contributed by atoms with Crippen molar-refractivity contribution in [2.75, 3.05) is 6.61 Å². The van der Waals surface area contributed by atoms with E-state index in [0.29, 0.717) is 6.42 Å². The third-order valence-electron chi connectivity index (χ3n) is 6.80. The van der Waals surface area contributed by atoms with Crippen molar-refractivity contribution in [2.45, 2.75) is 57.0 Å². The summed E-state index contributed by atoms with van der Waals surface area (Å²) in [7, 11) is 0. The normalized spacial score (nSPS) is 19.0. The Kier molecular flexibility index (Phi) is 7.71. The highest BCUT2D eigenvalue weighted by Crippen LogP contribution is 2.44. The zero-order valence-corrected chi connectivity index (χ0v) is 19.8. The number of hydrogen-bond donors (Lipinski definition) is 3. The van der Waals surface area contributed by atoms with Crippen LogP contribution in [0.4, 0.5) is 4.79 Å². The van der Waals surface area contributed by atoms with Crippen LogP contribution in [-0.4, -0.2) is 41.8 Å². The average molecular weight is 475 g/mol. The second kappa shape index (κ2) is 11.1. The maximum absolute atomic E-state index is 12.5. The first kappa shape index (κ1) is 24.3. The number of carboxylic acids is 1. The number of carboxylic acid groups (broad SMARTS) is 1. The fourth-order valence-electron chi connectivity index (χ4n) is 5.12. The lowest BCUT2D eigenvalue weighted by Crippen LogP contribution is -2.41. The van der Waals surface area contributed by atoms with Crippen molar-refractivity contribution in [3.8, 4) is 23.0 Å². The summed E-state index contributed by atoms with van der Waals surface area (Å²) in [5, 5.41) is 14.7.